The monoisotopic (exact) mass is 2150 g/mol. The Hall–Kier alpha value is -15.1. The molecule has 61 heteroatoms. The number of aromatic hydroxyl groups is 1. The molecule has 2 aromatic carbocycles. The zero-order valence-corrected chi connectivity index (χ0v) is 84.7. The molecule has 18 atom stereocenters. The summed E-state index contributed by atoms with van der Waals surface area (Å²) in [5.41, 5.74) is 28.1. The van der Waals surface area contributed by atoms with E-state index >= 15 is 0 Å². The van der Waals surface area contributed by atoms with Crippen LogP contribution in [0.1, 0.15) is 123 Å². The maximum Gasteiger partial charge on any atom is 0.326 e. The molecule has 0 radical (unpaired) electrons. The maximum absolute atomic E-state index is 14.4. The number of phenols is 1. The molecule has 59 nitrogen and oxygen atoms in total. The van der Waals surface area contributed by atoms with Gasteiger partial charge >= 0.3 is 11.9 Å². The van der Waals surface area contributed by atoms with Gasteiger partial charge in [-0.2, -0.15) is 25.3 Å². The van der Waals surface area contributed by atoms with Crippen LogP contribution in [0.25, 0.3) is 0 Å². The van der Waals surface area contributed by atoms with E-state index in [0.29, 0.717) is 11.1 Å². The SMILES string of the molecule is CCC(C)C(NC(=O)C(CCCNC(=N)N)NC(=O)C(CC(=O)O)NC(=O)C(NC(=O)C(CCCNC(=N)N)NC(=O)CNC(=O)C(CS)NC(=O)C(CO)NC(=O)C(N)CO)C(C)CC)C(=O)NCC(=O)NC(CO)C(=O)NCC(=O)NC(CC(C)C)C(=O)NCC(=O)NC(CS)C(=O)NC(CC(N)=O)C(=O)NC(CO)C(=O)NC(Cc1ccccc1)C(=O)NC(CCCNC(=N)N)C(=O)NC(Cc1ccc(O)cc1)C(=O)O. The number of carbonyl (C=O) groups is 22. The molecule has 0 fully saturated rings. The van der Waals surface area contributed by atoms with Crippen LogP contribution in [0.5, 0.6) is 5.75 Å². The third kappa shape index (κ3) is 50.7. The van der Waals surface area contributed by atoms with Crippen molar-refractivity contribution < 1.29 is 141 Å². The largest absolute Gasteiger partial charge is 0.508 e. The summed E-state index contributed by atoms with van der Waals surface area (Å²) in [5, 5.41) is 144. The van der Waals surface area contributed by atoms with Crippen molar-refractivity contribution in [3.63, 3.8) is 0 Å². The number of benzene rings is 2. The molecule has 0 aliphatic heterocycles. The molecule has 42 N–H and O–H groups in total. The van der Waals surface area contributed by atoms with E-state index in [1.165, 1.54) is 38.1 Å². The van der Waals surface area contributed by atoms with Gasteiger partial charge in [-0.05, 0) is 86.0 Å². The van der Waals surface area contributed by atoms with Crippen LogP contribution < -0.4 is 146 Å². The van der Waals surface area contributed by atoms with E-state index in [9.17, 15) is 141 Å². The summed E-state index contributed by atoms with van der Waals surface area (Å²) >= 11 is 8.18. The molecule has 0 spiro atoms. The molecule has 0 aromatic heterocycles. The molecule has 0 aliphatic carbocycles. The lowest BCUT2D eigenvalue weighted by molar-refractivity contribution is -0.142. The molecular formula is C88H142N30O29S2. The molecule has 0 saturated heterocycles. The summed E-state index contributed by atoms with van der Waals surface area (Å²) in [6.07, 6.45) is -3.28. The normalized spacial score (nSPS) is 14.5. The fraction of sp³-hybridized carbons (Fsp3) is 0.580. The number of amides is 20. The number of rotatable bonds is 71. The predicted octanol–water partition coefficient (Wildman–Crippen LogP) is -14.6. The van der Waals surface area contributed by atoms with E-state index < -0.39 is 333 Å². The van der Waals surface area contributed by atoms with Gasteiger partial charge in [0.1, 0.15) is 102 Å². The first-order valence-corrected chi connectivity index (χ1v) is 48.4. The number of nitrogens with two attached hydrogens (primary N) is 5. The van der Waals surface area contributed by atoms with Crippen LogP contribution in [0.4, 0.5) is 0 Å². The summed E-state index contributed by atoms with van der Waals surface area (Å²) in [6, 6.07) is -13.2. The standard InChI is InChI=1S/C88H142N30O29S2/c1-7-43(5)68(117-76(137)51(19-14-26-99-88(95)96)109-79(140)55(31-67(129)130)112-84(145)69(44(6)8-2)118-75(136)49(17-12-24-97-86(91)92)104-63(125)32-102-73(134)60(40-148)116-81(142)58(38-121)114-70(131)48(89)36-119)83(144)103-35-65(127)106-57(37-120)72(133)101-33-64(126)105-52(27-42(3)4)71(132)100-34-66(128)107-61(41-149)82(143)111-54(30-62(90)124)78(139)115-59(39-122)80(141)110-53(28-45-15-10-9-11-16-45)77(138)108-50(18-13-25-98-87(93)94)74(135)113-56(85(146)147)29-46-20-22-47(123)23-21-46/h9-11,15-16,20-23,42-44,48-61,68-69,119-123,148-149H,7-8,12-14,17-19,24-41,89H2,1-6H3,(H2,90,124)(H,100,132)(H,101,133)(H,102,134)(H,103,144)(H,104,125)(H,105,126)(H,106,127)(H,107,128)(H,108,138)(H,109,140)(H,110,141)(H,111,143)(H,112,145)(H,113,135)(H,114,131)(H,115,139)(H,116,142)(H,117,137)(H,118,136)(H,129,130)(H,146,147)(H4,91,92,97)(H4,93,94,98)(H4,95,96,99). The second-order valence-electron chi connectivity index (χ2n) is 34.6. The van der Waals surface area contributed by atoms with Crippen molar-refractivity contribution in [3.05, 3.63) is 65.7 Å². The van der Waals surface area contributed by atoms with Gasteiger partial charge in [-0.3, -0.25) is 117 Å². The quantitative estimate of drug-likeness (QED) is 0.0127. The number of carboxylic acid groups (broad SMARTS) is 2. The van der Waals surface area contributed by atoms with E-state index in [1.807, 2.05) is 0 Å². The topological polar surface area (TPSA) is 983 Å². The van der Waals surface area contributed by atoms with Crippen LogP contribution in [0, 0.1) is 34.0 Å². The first-order chi connectivity index (χ1) is 70.3. The van der Waals surface area contributed by atoms with Gasteiger partial charge in [0.15, 0.2) is 17.9 Å². The fourth-order valence-electron chi connectivity index (χ4n) is 13.6. The van der Waals surface area contributed by atoms with Crippen molar-refractivity contribution in [1.29, 1.82) is 16.2 Å². The molecule has 18 unspecified atom stereocenters. The Labute approximate surface area is 866 Å². The first kappa shape index (κ1) is 130. The number of hydrogen-bond donors (Lipinski definition) is 39. The number of guanidine groups is 3. The lowest BCUT2D eigenvalue weighted by Gasteiger charge is -2.29. The van der Waals surface area contributed by atoms with Gasteiger partial charge in [0, 0.05) is 44.0 Å². The van der Waals surface area contributed by atoms with E-state index in [0.717, 1.165) is 0 Å². The van der Waals surface area contributed by atoms with Crippen molar-refractivity contribution >= 4 is 173 Å². The molecule has 0 aliphatic rings. The molecule has 0 saturated carbocycles. The minimum absolute atomic E-state index is 0.0105. The van der Waals surface area contributed by atoms with Crippen LogP contribution in [0.15, 0.2) is 54.6 Å². The molecule has 149 heavy (non-hydrogen) atoms. The van der Waals surface area contributed by atoms with Crippen molar-refractivity contribution in [3.8, 4) is 5.75 Å². The van der Waals surface area contributed by atoms with E-state index in [1.54, 1.807) is 58.0 Å². The fourth-order valence-corrected chi connectivity index (χ4v) is 14.1. The number of aliphatic carboxylic acids is 2. The highest BCUT2D eigenvalue weighted by Crippen LogP contribution is 2.17. The predicted molar refractivity (Wildman–Crippen MR) is 536 cm³/mol. The van der Waals surface area contributed by atoms with Gasteiger partial charge < -0.3 is 181 Å². The smallest absolute Gasteiger partial charge is 0.326 e. The second kappa shape index (κ2) is 69.1. The third-order valence-electron chi connectivity index (χ3n) is 22.1. The minimum atomic E-state index is -2.04. The van der Waals surface area contributed by atoms with Crippen LogP contribution in [-0.2, 0) is 118 Å². The van der Waals surface area contributed by atoms with Crippen molar-refractivity contribution in [2.75, 3.05) is 83.7 Å². The molecule has 0 bridgehead atoms. The Morgan fingerprint density at radius 3 is 1.04 bits per heavy atom. The average Bonchev–Trinajstić information content (AvgIpc) is 0.853. The molecule has 830 valence electrons. The number of carboxylic acids is 2. The van der Waals surface area contributed by atoms with E-state index in [-0.39, 0.29) is 102 Å². The number of aliphatic hydroxyl groups excluding tert-OH is 4. The number of aliphatic hydroxyl groups is 4. The summed E-state index contributed by atoms with van der Waals surface area (Å²) in [6.45, 7) is 1.67. The van der Waals surface area contributed by atoms with Gasteiger partial charge in [0.2, 0.25) is 118 Å². The van der Waals surface area contributed by atoms with Crippen LogP contribution >= 0.6 is 25.3 Å². The molecule has 2 rings (SSSR count). The van der Waals surface area contributed by atoms with Crippen LogP contribution in [0.2, 0.25) is 0 Å². The van der Waals surface area contributed by atoms with Crippen molar-refractivity contribution in [1.82, 2.24) is 117 Å². The number of phenolic OH excluding ortho intramolecular Hbond substituents is 1. The highest BCUT2D eigenvalue weighted by molar-refractivity contribution is 7.80. The zero-order chi connectivity index (χ0) is 112. The van der Waals surface area contributed by atoms with Gasteiger partial charge in [-0.15, -0.1) is 0 Å². The molecule has 2 aromatic rings. The summed E-state index contributed by atoms with van der Waals surface area (Å²) in [5.74, 6) is -29.7. The Balaban J connectivity index is 2.26. The Morgan fingerprint density at radius 1 is 0.329 bits per heavy atom. The lowest BCUT2D eigenvalue weighted by Crippen LogP contribution is -2.61. The zero-order valence-electron chi connectivity index (χ0n) is 82.9. The highest BCUT2D eigenvalue weighted by atomic mass is 32.1. The summed E-state index contributed by atoms with van der Waals surface area (Å²) in [4.78, 5) is 298. The second-order valence-corrected chi connectivity index (χ2v) is 35.3. The molecule has 0 heterocycles. The van der Waals surface area contributed by atoms with Gasteiger partial charge in [-0.1, -0.05) is 96.8 Å². The Bertz CT molecular complexity index is 4900. The van der Waals surface area contributed by atoms with Crippen molar-refractivity contribution in [2.24, 2.45) is 46.4 Å². The maximum atomic E-state index is 14.4. The highest BCUT2D eigenvalue weighted by Gasteiger charge is 2.40. The van der Waals surface area contributed by atoms with Gasteiger partial charge in [-0.25, -0.2) is 4.79 Å². The van der Waals surface area contributed by atoms with Crippen LogP contribution in [-0.4, -0.2) is 364 Å². The molecule has 20 amide bonds. The summed E-state index contributed by atoms with van der Waals surface area (Å²) in [7, 11) is 0. The Kier molecular flexibility index (Phi) is 60.3. The van der Waals surface area contributed by atoms with Gasteiger partial charge in [0.25, 0.3) is 0 Å². The lowest BCUT2D eigenvalue weighted by atomic mass is 9.96. The Morgan fingerprint density at radius 2 is 0.631 bits per heavy atom. The number of nitrogens with one attached hydrogen (secondary N) is 25. The third-order valence-corrected chi connectivity index (χ3v) is 22.8. The number of thiol groups is 2. The van der Waals surface area contributed by atoms with Crippen molar-refractivity contribution in [2.45, 2.75) is 222 Å². The van der Waals surface area contributed by atoms with Crippen LogP contribution in [0.3, 0.4) is 0 Å². The number of hydrogen-bond acceptors (Lipinski definition) is 33. The molecular weight excluding hydrogens is 2010 g/mol. The minimum Gasteiger partial charge on any atom is -0.508 e. The first-order valence-electron chi connectivity index (χ1n) is 47.1. The average molecular weight is 2150 g/mol. The number of carbonyl (C=O) groups excluding carboxylic acids is 20. The van der Waals surface area contributed by atoms with E-state index in [2.05, 4.69) is 142 Å². The number of primary amides is 1. The summed E-state index contributed by atoms with van der Waals surface area (Å²) < 4.78 is 0. The van der Waals surface area contributed by atoms with E-state index in [4.69, 9.17) is 44.9 Å². The van der Waals surface area contributed by atoms with Gasteiger partial charge in [0.05, 0.1) is 65.4 Å².